The van der Waals surface area contributed by atoms with Gasteiger partial charge in [-0.2, -0.15) is 0 Å². The van der Waals surface area contributed by atoms with Gasteiger partial charge < -0.3 is 10.6 Å². The number of nitrogens with one attached hydrogen (secondary N) is 2. The summed E-state index contributed by atoms with van der Waals surface area (Å²) in [5.41, 5.74) is 1.35. The van der Waals surface area contributed by atoms with Gasteiger partial charge >= 0.3 is 0 Å². The van der Waals surface area contributed by atoms with Crippen molar-refractivity contribution >= 4 is 5.96 Å². The van der Waals surface area contributed by atoms with E-state index in [1.54, 1.807) is 0 Å². The summed E-state index contributed by atoms with van der Waals surface area (Å²) in [4.78, 5) is 7.31. The Bertz CT molecular complexity index is 468. The molecular weight excluding hydrogens is 284 g/mol. The Morgan fingerprint density at radius 1 is 1.22 bits per heavy atom. The number of hydrogen-bond acceptors (Lipinski definition) is 2. The molecule has 0 bridgehead atoms. The average molecular weight is 316 g/mol. The van der Waals surface area contributed by atoms with Crippen molar-refractivity contribution in [2.24, 2.45) is 4.99 Å². The van der Waals surface area contributed by atoms with Crippen LogP contribution in [0.2, 0.25) is 0 Å². The van der Waals surface area contributed by atoms with Crippen molar-refractivity contribution in [2.45, 2.75) is 45.6 Å². The van der Waals surface area contributed by atoms with Gasteiger partial charge in [0.05, 0.1) is 0 Å². The normalized spacial score (nSPS) is 16.4. The number of rotatable bonds is 9. The smallest absolute Gasteiger partial charge is 0.191 e. The molecule has 128 valence electrons. The predicted octanol–water partition coefficient (Wildman–Crippen LogP) is 2.83. The zero-order chi connectivity index (χ0) is 16.5. The average Bonchev–Trinajstić information content (AvgIpc) is 3.42. The van der Waals surface area contributed by atoms with Crippen LogP contribution in [0.25, 0.3) is 0 Å². The van der Waals surface area contributed by atoms with Crippen LogP contribution in [-0.4, -0.2) is 49.6 Å². The summed E-state index contributed by atoms with van der Waals surface area (Å²) in [7, 11) is 0. The van der Waals surface area contributed by atoms with Gasteiger partial charge in [-0.1, -0.05) is 44.2 Å². The van der Waals surface area contributed by atoms with Crippen molar-refractivity contribution in [3.63, 3.8) is 0 Å². The van der Waals surface area contributed by atoms with E-state index in [2.05, 4.69) is 66.6 Å². The van der Waals surface area contributed by atoms with Gasteiger partial charge in [-0.3, -0.25) is 9.89 Å². The molecule has 1 aromatic rings. The van der Waals surface area contributed by atoms with Crippen LogP contribution in [0, 0.1) is 0 Å². The lowest BCUT2D eigenvalue weighted by Crippen LogP contribution is -2.42. The minimum absolute atomic E-state index is 0.435. The summed E-state index contributed by atoms with van der Waals surface area (Å²) in [5.74, 6) is 1.37. The minimum Gasteiger partial charge on any atom is -0.357 e. The van der Waals surface area contributed by atoms with Gasteiger partial charge in [-0.05, 0) is 31.9 Å². The Hall–Kier alpha value is -1.55. The van der Waals surface area contributed by atoms with Crippen molar-refractivity contribution in [2.75, 3.05) is 32.7 Å². The molecular formula is C19H32N4. The Morgan fingerprint density at radius 2 is 1.96 bits per heavy atom. The largest absolute Gasteiger partial charge is 0.357 e. The molecule has 0 amide bonds. The molecule has 2 N–H and O–H groups in total. The van der Waals surface area contributed by atoms with Crippen LogP contribution >= 0.6 is 0 Å². The van der Waals surface area contributed by atoms with Gasteiger partial charge in [0.25, 0.3) is 0 Å². The van der Waals surface area contributed by atoms with Gasteiger partial charge in [0.15, 0.2) is 5.96 Å². The minimum atomic E-state index is 0.435. The topological polar surface area (TPSA) is 39.7 Å². The summed E-state index contributed by atoms with van der Waals surface area (Å²) in [5, 5.41) is 6.82. The molecule has 4 nitrogen and oxygen atoms in total. The lowest BCUT2D eigenvalue weighted by molar-refractivity contribution is 0.282. The number of hydrogen-bond donors (Lipinski definition) is 2. The molecule has 0 aliphatic heterocycles. The molecule has 1 fully saturated rings. The van der Waals surface area contributed by atoms with E-state index in [-0.39, 0.29) is 0 Å². The fourth-order valence-corrected chi connectivity index (χ4v) is 2.81. The zero-order valence-corrected chi connectivity index (χ0v) is 14.9. The molecule has 1 unspecified atom stereocenters. The fourth-order valence-electron chi connectivity index (χ4n) is 2.81. The number of likely N-dealkylation sites (N-methyl/N-ethyl adjacent to an activating group) is 1. The van der Waals surface area contributed by atoms with E-state index in [9.17, 15) is 0 Å². The van der Waals surface area contributed by atoms with E-state index in [4.69, 9.17) is 4.99 Å². The highest BCUT2D eigenvalue weighted by Gasteiger charge is 2.27. The van der Waals surface area contributed by atoms with Gasteiger partial charge in [0.2, 0.25) is 0 Å². The molecule has 23 heavy (non-hydrogen) atoms. The maximum Gasteiger partial charge on any atom is 0.191 e. The lowest BCUT2D eigenvalue weighted by Gasteiger charge is -2.21. The first-order valence-electron chi connectivity index (χ1n) is 9.05. The molecule has 0 saturated heterocycles. The van der Waals surface area contributed by atoms with Gasteiger partial charge in [-0.25, -0.2) is 0 Å². The molecule has 0 aromatic heterocycles. The molecule has 1 aliphatic rings. The van der Waals surface area contributed by atoms with Crippen LogP contribution < -0.4 is 10.6 Å². The molecule has 0 radical (unpaired) electrons. The first-order valence-corrected chi connectivity index (χ1v) is 9.05. The van der Waals surface area contributed by atoms with Crippen molar-refractivity contribution in [1.29, 1.82) is 0 Å². The van der Waals surface area contributed by atoms with E-state index < -0.39 is 0 Å². The molecule has 0 heterocycles. The van der Waals surface area contributed by atoms with E-state index in [0.29, 0.717) is 5.92 Å². The van der Waals surface area contributed by atoms with Crippen molar-refractivity contribution in [3.8, 4) is 0 Å². The monoisotopic (exact) mass is 316 g/mol. The third kappa shape index (κ3) is 6.22. The van der Waals surface area contributed by atoms with E-state index in [1.165, 1.54) is 18.4 Å². The maximum absolute atomic E-state index is 4.75. The molecule has 4 heteroatoms. The van der Waals surface area contributed by atoms with Crippen LogP contribution in [0.15, 0.2) is 35.3 Å². The lowest BCUT2D eigenvalue weighted by atomic mass is 10.0. The van der Waals surface area contributed by atoms with Crippen LogP contribution in [0.1, 0.15) is 45.1 Å². The second kappa shape index (κ2) is 9.56. The van der Waals surface area contributed by atoms with Crippen molar-refractivity contribution < 1.29 is 0 Å². The molecule has 1 aliphatic carbocycles. The maximum atomic E-state index is 4.75. The zero-order valence-electron chi connectivity index (χ0n) is 14.9. The SMILES string of the molecule is CCNC(=NCC(C)c1ccccc1)NCCN(CC)C1CC1. The quantitative estimate of drug-likeness (QED) is 0.543. The number of aliphatic imine (C=N–C) groups is 1. The van der Waals surface area contributed by atoms with Crippen LogP contribution in [-0.2, 0) is 0 Å². The highest BCUT2D eigenvalue weighted by Crippen LogP contribution is 2.25. The summed E-state index contributed by atoms with van der Waals surface area (Å²) in [6.07, 6.45) is 2.74. The number of guanidine groups is 1. The summed E-state index contributed by atoms with van der Waals surface area (Å²) in [6.45, 7) is 11.5. The molecule has 1 saturated carbocycles. The van der Waals surface area contributed by atoms with Gasteiger partial charge in [0, 0.05) is 38.1 Å². The molecule has 1 aromatic carbocycles. The number of nitrogens with zero attached hydrogens (tertiary/aromatic N) is 2. The first kappa shape index (κ1) is 17.8. The molecule has 0 spiro atoms. The summed E-state index contributed by atoms with van der Waals surface area (Å²) in [6, 6.07) is 11.4. The van der Waals surface area contributed by atoms with Crippen LogP contribution in [0.4, 0.5) is 0 Å². The third-order valence-electron chi connectivity index (χ3n) is 4.40. The van der Waals surface area contributed by atoms with E-state index in [0.717, 1.165) is 44.7 Å². The van der Waals surface area contributed by atoms with Gasteiger partial charge in [-0.15, -0.1) is 0 Å². The Balaban J connectivity index is 1.79. The van der Waals surface area contributed by atoms with Gasteiger partial charge in [0.1, 0.15) is 0 Å². The highest BCUT2D eigenvalue weighted by molar-refractivity contribution is 5.79. The summed E-state index contributed by atoms with van der Waals surface area (Å²) >= 11 is 0. The van der Waals surface area contributed by atoms with Crippen LogP contribution in [0.3, 0.4) is 0 Å². The Kier molecular flexibility index (Phi) is 7.40. The van der Waals surface area contributed by atoms with Crippen LogP contribution in [0.5, 0.6) is 0 Å². The second-order valence-electron chi connectivity index (χ2n) is 6.32. The molecule has 1 atom stereocenters. The second-order valence-corrected chi connectivity index (χ2v) is 6.32. The van der Waals surface area contributed by atoms with Crippen molar-refractivity contribution in [1.82, 2.24) is 15.5 Å². The number of benzene rings is 1. The van der Waals surface area contributed by atoms with Crippen molar-refractivity contribution in [3.05, 3.63) is 35.9 Å². The fraction of sp³-hybridized carbons (Fsp3) is 0.632. The Labute approximate surface area is 141 Å². The molecule has 2 rings (SSSR count). The first-order chi connectivity index (χ1) is 11.2. The van der Waals surface area contributed by atoms with E-state index in [1.807, 2.05) is 0 Å². The van der Waals surface area contributed by atoms with E-state index >= 15 is 0 Å². The standard InChI is InChI=1S/C19H32N4/c1-4-20-19(21-13-14-23(5-2)18-11-12-18)22-15-16(3)17-9-7-6-8-10-17/h6-10,16,18H,4-5,11-15H2,1-3H3,(H2,20,21,22). The highest BCUT2D eigenvalue weighted by atomic mass is 15.2. The predicted molar refractivity (Wildman–Crippen MR) is 99.1 cm³/mol. The Morgan fingerprint density at radius 3 is 2.57 bits per heavy atom. The third-order valence-corrected chi connectivity index (χ3v) is 4.40. The summed E-state index contributed by atoms with van der Waals surface area (Å²) < 4.78 is 0.